The number of nitrogens with zero attached hydrogens (tertiary/aromatic N) is 1. The molecule has 0 saturated carbocycles. The maximum atomic E-state index is 14.0. The Morgan fingerprint density at radius 1 is 1.32 bits per heavy atom. The van der Waals surface area contributed by atoms with Crippen molar-refractivity contribution in [1.29, 1.82) is 0 Å². The van der Waals surface area contributed by atoms with Crippen molar-refractivity contribution in [2.24, 2.45) is 0 Å². The van der Waals surface area contributed by atoms with Crippen LogP contribution in [0, 0.1) is 5.82 Å². The number of nitrogens with one attached hydrogen (secondary N) is 1. The largest absolute Gasteiger partial charge is 0.313 e. The Morgan fingerprint density at radius 2 is 2.16 bits per heavy atom. The van der Waals surface area contributed by atoms with Crippen molar-refractivity contribution in [2.45, 2.75) is 19.9 Å². The molecular weight excluding hydrogens is 307 g/mol. The van der Waals surface area contributed by atoms with Gasteiger partial charge in [0, 0.05) is 30.1 Å². The van der Waals surface area contributed by atoms with E-state index in [1.165, 1.54) is 0 Å². The van der Waals surface area contributed by atoms with E-state index in [9.17, 15) is 4.39 Å². The lowest BCUT2D eigenvalue weighted by molar-refractivity contribution is 0.624. The average molecular weight is 323 g/mol. The summed E-state index contributed by atoms with van der Waals surface area (Å²) in [7, 11) is 0. The predicted molar refractivity (Wildman–Crippen MR) is 79.3 cm³/mol. The molecule has 0 saturated heterocycles. The number of aromatic nitrogens is 1. The van der Waals surface area contributed by atoms with Crippen LogP contribution in [0.15, 0.2) is 41.1 Å². The zero-order valence-corrected chi connectivity index (χ0v) is 12.4. The number of pyridine rings is 1. The Morgan fingerprint density at radius 3 is 2.95 bits per heavy atom. The van der Waals surface area contributed by atoms with Gasteiger partial charge in [-0.1, -0.05) is 19.1 Å². The molecule has 1 aromatic heterocycles. The summed E-state index contributed by atoms with van der Waals surface area (Å²) in [5, 5.41) is 3.31. The fourth-order valence-electron chi connectivity index (χ4n) is 1.87. The van der Waals surface area contributed by atoms with Crippen molar-refractivity contribution >= 4 is 15.9 Å². The fraction of sp³-hybridized carbons (Fsp3) is 0.267. The lowest BCUT2D eigenvalue weighted by Crippen LogP contribution is -2.13. The van der Waals surface area contributed by atoms with E-state index in [2.05, 4.69) is 33.2 Å². The second kappa shape index (κ2) is 6.78. The highest BCUT2D eigenvalue weighted by molar-refractivity contribution is 9.10. The zero-order valence-electron chi connectivity index (χ0n) is 10.8. The lowest BCUT2D eigenvalue weighted by atomic mass is 10.1. The molecule has 0 spiro atoms. The highest BCUT2D eigenvalue weighted by Crippen LogP contribution is 2.27. The zero-order chi connectivity index (χ0) is 13.7. The van der Waals surface area contributed by atoms with Gasteiger partial charge in [-0.3, -0.25) is 4.98 Å². The van der Waals surface area contributed by atoms with Crippen LogP contribution in [0.5, 0.6) is 0 Å². The van der Waals surface area contributed by atoms with E-state index in [0.717, 1.165) is 30.6 Å². The van der Waals surface area contributed by atoms with Gasteiger partial charge < -0.3 is 5.32 Å². The van der Waals surface area contributed by atoms with Crippen LogP contribution in [0.3, 0.4) is 0 Å². The van der Waals surface area contributed by atoms with Gasteiger partial charge in [-0.2, -0.15) is 0 Å². The standard InChI is InChI=1S/C15H16BrFN2/c1-2-6-18-8-11-7-12(10-19-9-11)13-4-3-5-14(16)15(13)17/h3-5,7,9-10,18H,2,6,8H2,1H3. The smallest absolute Gasteiger partial charge is 0.145 e. The van der Waals surface area contributed by atoms with Crippen molar-refractivity contribution in [1.82, 2.24) is 10.3 Å². The first kappa shape index (κ1) is 14.2. The van der Waals surface area contributed by atoms with Gasteiger partial charge >= 0.3 is 0 Å². The summed E-state index contributed by atoms with van der Waals surface area (Å²) >= 11 is 3.21. The third-order valence-corrected chi connectivity index (χ3v) is 3.43. The number of halogens is 2. The third-order valence-electron chi connectivity index (χ3n) is 2.81. The van der Waals surface area contributed by atoms with Gasteiger partial charge in [0.05, 0.1) is 4.47 Å². The van der Waals surface area contributed by atoms with Crippen LogP contribution >= 0.6 is 15.9 Å². The van der Waals surface area contributed by atoms with Crippen molar-refractivity contribution in [3.63, 3.8) is 0 Å². The van der Waals surface area contributed by atoms with Crippen LogP contribution in [0.4, 0.5) is 4.39 Å². The van der Waals surface area contributed by atoms with Crippen molar-refractivity contribution in [3.8, 4) is 11.1 Å². The highest BCUT2D eigenvalue weighted by Gasteiger charge is 2.08. The maximum absolute atomic E-state index is 14.0. The van der Waals surface area contributed by atoms with E-state index in [-0.39, 0.29) is 5.82 Å². The number of hydrogen-bond acceptors (Lipinski definition) is 2. The first-order valence-electron chi connectivity index (χ1n) is 6.31. The molecule has 2 nitrogen and oxygen atoms in total. The van der Waals surface area contributed by atoms with Crippen LogP contribution in [0.25, 0.3) is 11.1 Å². The second-order valence-corrected chi connectivity index (χ2v) is 5.21. The molecule has 2 aromatic rings. The first-order valence-corrected chi connectivity index (χ1v) is 7.10. The summed E-state index contributed by atoms with van der Waals surface area (Å²) < 4.78 is 14.5. The van der Waals surface area contributed by atoms with E-state index >= 15 is 0 Å². The predicted octanol–water partition coefficient (Wildman–Crippen LogP) is 4.15. The van der Waals surface area contributed by atoms with E-state index in [1.54, 1.807) is 18.3 Å². The molecule has 0 fully saturated rings. The van der Waals surface area contributed by atoms with Crippen LogP contribution in [0.2, 0.25) is 0 Å². The normalized spacial score (nSPS) is 10.7. The summed E-state index contributed by atoms with van der Waals surface area (Å²) in [5.41, 5.74) is 2.43. The Bertz CT molecular complexity index is 558. The third kappa shape index (κ3) is 3.61. The Hall–Kier alpha value is -1.26. The molecular formula is C15H16BrFN2. The molecule has 19 heavy (non-hydrogen) atoms. The summed E-state index contributed by atoms with van der Waals surface area (Å²) in [4.78, 5) is 4.19. The second-order valence-electron chi connectivity index (χ2n) is 4.36. The van der Waals surface area contributed by atoms with Crippen LogP contribution in [-0.2, 0) is 6.54 Å². The van der Waals surface area contributed by atoms with Gasteiger partial charge in [0.1, 0.15) is 5.82 Å². The van der Waals surface area contributed by atoms with E-state index < -0.39 is 0 Å². The molecule has 1 N–H and O–H groups in total. The fourth-order valence-corrected chi connectivity index (χ4v) is 2.23. The molecule has 0 bridgehead atoms. The monoisotopic (exact) mass is 322 g/mol. The highest BCUT2D eigenvalue weighted by atomic mass is 79.9. The number of hydrogen-bond donors (Lipinski definition) is 1. The molecule has 0 radical (unpaired) electrons. The van der Waals surface area contributed by atoms with Crippen LogP contribution in [-0.4, -0.2) is 11.5 Å². The van der Waals surface area contributed by atoms with E-state index in [0.29, 0.717) is 10.0 Å². The summed E-state index contributed by atoms with van der Waals surface area (Å²) in [6, 6.07) is 7.25. The van der Waals surface area contributed by atoms with Crippen molar-refractivity contribution < 1.29 is 4.39 Å². The molecule has 2 rings (SSSR count). The molecule has 1 heterocycles. The SMILES string of the molecule is CCCNCc1cncc(-c2cccc(Br)c2F)c1. The van der Waals surface area contributed by atoms with Crippen molar-refractivity contribution in [3.05, 3.63) is 52.5 Å². The Balaban J connectivity index is 2.25. The van der Waals surface area contributed by atoms with E-state index in [1.807, 2.05) is 18.3 Å². The van der Waals surface area contributed by atoms with Gasteiger partial charge in [-0.05, 0) is 46.6 Å². The Kier molecular flexibility index (Phi) is 5.05. The Labute approximate surface area is 121 Å². The molecule has 0 aliphatic carbocycles. The quantitative estimate of drug-likeness (QED) is 0.836. The summed E-state index contributed by atoms with van der Waals surface area (Å²) in [6.45, 7) is 3.85. The minimum Gasteiger partial charge on any atom is -0.313 e. The minimum absolute atomic E-state index is 0.247. The van der Waals surface area contributed by atoms with Crippen LogP contribution < -0.4 is 5.32 Å². The van der Waals surface area contributed by atoms with Crippen molar-refractivity contribution in [2.75, 3.05) is 6.54 Å². The number of rotatable bonds is 5. The molecule has 0 aliphatic heterocycles. The molecule has 1 aromatic carbocycles. The van der Waals surface area contributed by atoms with Gasteiger partial charge in [-0.25, -0.2) is 4.39 Å². The molecule has 0 amide bonds. The van der Waals surface area contributed by atoms with Gasteiger partial charge in [0.25, 0.3) is 0 Å². The first-order chi connectivity index (χ1) is 9.22. The average Bonchev–Trinajstić information content (AvgIpc) is 2.43. The molecule has 4 heteroatoms. The summed E-state index contributed by atoms with van der Waals surface area (Å²) in [5.74, 6) is -0.247. The topological polar surface area (TPSA) is 24.9 Å². The molecule has 0 unspecified atom stereocenters. The summed E-state index contributed by atoms with van der Waals surface area (Å²) in [6.07, 6.45) is 4.59. The van der Waals surface area contributed by atoms with Crippen LogP contribution in [0.1, 0.15) is 18.9 Å². The molecule has 100 valence electrons. The van der Waals surface area contributed by atoms with Gasteiger partial charge in [0.2, 0.25) is 0 Å². The lowest BCUT2D eigenvalue weighted by Gasteiger charge is -2.07. The maximum Gasteiger partial charge on any atom is 0.145 e. The molecule has 0 atom stereocenters. The van der Waals surface area contributed by atoms with Gasteiger partial charge in [-0.15, -0.1) is 0 Å². The minimum atomic E-state index is -0.247. The van der Waals surface area contributed by atoms with E-state index in [4.69, 9.17) is 0 Å². The van der Waals surface area contributed by atoms with Gasteiger partial charge in [0.15, 0.2) is 0 Å². The molecule has 0 aliphatic rings. The number of benzene rings is 1.